The Morgan fingerprint density at radius 2 is 1.62 bits per heavy atom. The van der Waals surface area contributed by atoms with E-state index < -0.39 is 0 Å². The highest BCUT2D eigenvalue weighted by molar-refractivity contribution is 6.06. The summed E-state index contributed by atoms with van der Waals surface area (Å²) in [6.07, 6.45) is 4.80. The number of aromatic nitrogens is 3. The average Bonchev–Trinajstić information content (AvgIpc) is 3.03. The fourth-order valence-corrected chi connectivity index (χ4v) is 1.90. The first-order valence-electron chi connectivity index (χ1n) is 6.58. The van der Waals surface area contributed by atoms with E-state index in [2.05, 4.69) is 10.2 Å². The molecule has 4 nitrogen and oxygen atoms in total. The molecule has 0 radical (unpaired) electrons. The number of nitrogens with zero attached hydrogens (tertiary/aromatic N) is 3. The molecule has 1 aromatic heterocycles. The first-order valence-corrected chi connectivity index (χ1v) is 6.58. The molecule has 0 saturated carbocycles. The van der Waals surface area contributed by atoms with Gasteiger partial charge in [0, 0.05) is 5.56 Å². The second-order valence-electron chi connectivity index (χ2n) is 4.46. The van der Waals surface area contributed by atoms with Gasteiger partial charge in [-0.3, -0.25) is 4.79 Å². The molecule has 0 amide bonds. The normalized spacial score (nSPS) is 10.9. The number of carbonyl (C=O) groups excluding carboxylic acids is 1. The maximum absolute atomic E-state index is 12.0. The van der Waals surface area contributed by atoms with Gasteiger partial charge in [0.1, 0.15) is 5.69 Å². The Bertz CT molecular complexity index is 761. The van der Waals surface area contributed by atoms with Crippen LogP contribution in [0.25, 0.3) is 11.8 Å². The van der Waals surface area contributed by atoms with Crippen molar-refractivity contribution in [2.75, 3.05) is 0 Å². The highest BCUT2D eigenvalue weighted by Gasteiger charge is 2.02. The third-order valence-corrected chi connectivity index (χ3v) is 2.96. The van der Waals surface area contributed by atoms with Gasteiger partial charge in [0.05, 0.1) is 11.9 Å². The molecular formula is C17H13N3O. The topological polar surface area (TPSA) is 47.8 Å². The fourth-order valence-electron chi connectivity index (χ4n) is 1.90. The van der Waals surface area contributed by atoms with Crippen molar-refractivity contribution >= 4 is 11.9 Å². The maximum atomic E-state index is 12.0. The Morgan fingerprint density at radius 3 is 2.33 bits per heavy atom. The van der Waals surface area contributed by atoms with Crippen molar-refractivity contribution < 1.29 is 4.79 Å². The minimum absolute atomic E-state index is 0.0511. The Labute approximate surface area is 122 Å². The number of hydrogen-bond acceptors (Lipinski definition) is 3. The number of hydrogen-bond donors (Lipinski definition) is 0. The van der Waals surface area contributed by atoms with Gasteiger partial charge in [0.2, 0.25) is 0 Å². The molecule has 1 heterocycles. The van der Waals surface area contributed by atoms with Crippen molar-refractivity contribution in [3.63, 3.8) is 0 Å². The smallest absolute Gasteiger partial charge is 0.185 e. The Hall–Kier alpha value is -3.01. The summed E-state index contributed by atoms with van der Waals surface area (Å²) in [4.78, 5) is 13.5. The molecule has 102 valence electrons. The van der Waals surface area contributed by atoms with Crippen LogP contribution >= 0.6 is 0 Å². The third-order valence-electron chi connectivity index (χ3n) is 2.96. The molecule has 4 heteroatoms. The Balaban J connectivity index is 1.76. The van der Waals surface area contributed by atoms with Crippen LogP contribution in [-0.4, -0.2) is 20.8 Å². The lowest BCUT2D eigenvalue weighted by molar-refractivity contribution is 0.104. The maximum Gasteiger partial charge on any atom is 0.185 e. The molecule has 0 spiro atoms. The third kappa shape index (κ3) is 3.12. The van der Waals surface area contributed by atoms with Gasteiger partial charge >= 0.3 is 0 Å². The summed E-state index contributed by atoms with van der Waals surface area (Å²) in [5.41, 5.74) is 2.18. The zero-order valence-electron chi connectivity index (χ0n) is 11.3. The van der Waals surface area contributed by atoms with Crippen LogP contribution in [0.3, 0.4) is 0 Å². The predicted octanol–water partition coefficient (Wildman–Crippen LogP) is 3.16. The van der Waals surface area contributed by atoms with Gasteiger partial charge in [-0.05, 0) is 24.3 Å². The van der Waals surface area contributed by atoms with E-state index in [1.165, 1.54) is 10.9 Å². The molecule has 0 bridgehead atoms. The van der Waals surface area contributed by atoms with Gasteiger partial charge in [-0.25, -0.2) is 0 Å². The Morgan fingerprint density at radius 1 is 0.952 bits per heavy atom. The summed E-state index contributed by atoms with van der Waals surface area (Å²) in [5.74, 6) is -0.0511. The van der Waals surface area contributed by atoms with Crippen molar-refractivity contribution in [2.24, 2.45) is 0 Å². The molecular weight excluding hydrogens is 262 g/mol. The predicted molar refractivity (Wildman–Crippen MR) is 81.2 cm³/mol. The van der Waals surface area contributed by atoms with Crippen molar-refractivity contribution in [3.8, 4) is 5.69 Å². The van der Waals surface area contributed by atoms with E-state index in [0.29, 0.717) is 11.3 Å². The van der Waals surface area contributed by atoms with Gasteiger partial charge in [0.15, 0.2) is 5.78 Å². The molecule has 0 aliphatic rings. The van der Waals surface area contributed by atoms with Gasteiger partial charge in [0.25, 0.3) is 0 Å². The second-order valence-corrected chi connectivity index (χ2v) is 4.46. The van der Waals surface area contributed by atoms with Crippen LogP contribution < -0.4 is 0 Å². The van der Waals surface area contributed by atoms with Gasteiger partial charge in [-0.1, -0.05) is 48.5 Å². The summed E-state index contributed by atoms with van der Waals surface area (Å²) in [5, 5.41) is 8.49. The number of allylic oxidation sites excluding steroid dienone is 1. The zero-order valence-corrected chi connectivity index (χ0v) is 11.3. The van der Waals surface area contributed by atoms with Crippen LogP contribution in [0.4, 0.5) is 0 Å². The van der Waals surface area contributed by atoms with Crippen LogP contribution in [0.5, 0.6) is 0 Å². The van der Waals surface area contributed by atoms with Crippen LogP contribution in [-0.2, 0) is 0 Å². The van der Waals surface area contributed by atoms with Crippen molar-refractivity contribution in [3.05, 3.63) is 84.2 Å². The molecule has 0 aliphatic heterocycles. The highest BCUT2D eigenvalue weighted by Crippen LogP contribution is 2.06. The van der Waals surface area contributed by atoms with E-state index in [1.807, 2.05) is 48.5 Å². The molecule has 3 rings (SSSR count). The lowest BCUT2D eigenvalue weighted by Gasteiger charge is -1.96. The minimum Gasteiger partial charge on any atom is -0.289 e. The van der Waals surface area contributed by atoms with E-state index >= 15 is 0 Å². The summed E-state index contributed by atoms with van der Waals surface area (Å²) in [6, 6.07) is 18.8. The monoisotopic (exact) mass is 275 g/mol. The zero-order chi connectivity index (χ0) is 14.5. The van der Waals surface area contributed by atoms with Crippen molar-refractivity contribution in [1.29, 1.82) is 0 Å². The summed E-state index contributed by atoms with van der Waals surface area (Å²) in [7, 11) is 0. The number of para-hydroxylation sites is 1. The SMILES string of the molecule is O=C(C=Cc1cnn(-c2ccccc2)n1)c1ccccc1. The van der Waals surface area contributed by atoms with E-state index in [-0.39, 0.29) is 5.78 Å². The molecule has 21 heavy (non-hydrogen) atoms. The molecule has 0 fully saturated rings. The lowest BCUT2D eigenvalue weighted by atomic mass is 10.1. The molecule has 0 atom stereocenters. The van der Waals surface area contributed by atoms with Crippen molar-refractivity contribution in [2.45, 2.75) is 0 Å². The van der Waals surface area contributed by atoms with Gasteiger partial charge < -0.3 is 0 Å². The largest absolute Gasteiger partial charge is 0.289 e. The molecule has 0 N–H and O–H groups in total. The average molecular weight is 275 g/mol. The highest BCUT2D eigenvalue weighted by atomic mass is 16.1. The van der Waals surface area contributed by atoms with E-state index in [9.17, 15) is 4.79 Å². The van der Waals surface area contributed by atoms with E-state index in [4.69, 9.17) is 0 Å². The molecule has 0 aliphatic carbocycles. The first-order chi connectivity index (χ1) is 10.3. The van der Waals surface area contributed by atoms with Crippen LogP contribution in [0.1, 0.15) is 16.1 Å². The second kappa shape index (κ2) is 5.96. The number of carbonyl (C=O) groups is 1. The van der Waals surface area contributed by atoms with Crippen LogP contribution in [0.15, 0.2) is 72.9 Å². The summed E-state index contributed by atoms with van der Waals surface area (Å²) < 4.78 is 0. The first kappa shape index (κ1) is 13.0. The van der Waals surface area contributed by atoms with E-state index in [0.717, 1.165) is 5.69 Å². The molecule has 3 aromatic rings. The summed E-state index contributed by atoms with van der Waals surface area (Å²) >= 11 is 0. The quantitative estimate of drug-likeness (QED) is 0.543. The van der Waals surface area contributed by atoms with Gasteiger partial charge in [-0.15, -0.1) is 5.10 Å². The molecule has 0 saturated heterocycles. The standard InChI is InChI=1S/C17H13N3O/c21-17(14-7-3-1-4-8-14)12-11-15-13-18-20(19-15)16-9-5-2-6-10-16/h1-13H. The molecule has 0 unspecified atom stereocenters. The van der Waals surface area contributed by atoms with Crippen LogP contribution in [0, 0.1) is 0 Å². The summed E-state index contributed by atoms with van der Waals surface area (Å²) in [6.45, 7) is 0. The van der Waals surface area contributed by atoms with Gasteiger partial charge in [-0.2, -0.15) is 9.90 Å². The molecule has 2 aromatic carbocycles. The van der Waals surface area contributed by atoms with Crippen LogP contribution in [0.2, 0.25) is 0 Å². The number of rotatable bonds is 4. The fraction of sp³-hybridized carbons (Fsp3) is 0. The van der Waals surface area contributed by atoms with Crippen molar-refractivity contribution in [1.82, 2.24) is 15.0 Å². The number of benzene rings is 2. The minimum atomic E-state index is -0.0511. The Kier molecular flexibility index (Phi) is 3.69. The van der Waals surface area contributed by atoms with E-state index in [1.54, 1.807) is 24.4 Å². The lowest BCUT2D eigenvalue weighted by Crippen LogP contribution is -1.98. The number of ketones is 1.